The normalized spacial score (nSPS) is 20.0. The van der Waals surface area contributed by atoms with Crippen LogP contribution in [0.1, 0.15) is 63.5 Å². The number of nitrogens with zero attached hydrogens (tertiary/aromatic N) is 1. The van der Waals surface area contributed by atoms with Gasteiger partial charge in [-0.1, -0.05) is 39.2 Å². The molecule has 0 radical (unpaired) electrons. The number of carbonyl (C=O) groups excluding carboxylic acids is 1. The molecular weight excluding hydrogens is 322 g/mol. The van der Waals surface area contributed by atoms with Gasteiger partial charge >= 0.3 is 0 Å². The van der Waals surface area contributed by atoms with E-state index in [0.29, 0.717) is 11.7 Å². The minimum absolute atomic E-state index is 0.254. The molecule has 0 saturated carbocycles. The van der Waals surface area contributed by atoms with E-state index in [1.54, 1.807) is 0 Å². The number of hydrogen-bond acceptors (Lipinski definition) is 3. The lowest BCUT2D eigenvalue weighted by atomic mass is 9.84. The Kier molecular flexibility index (Phi) is 6.39. The van der Waals surface area contributed by atoms with Crippen LogP contribution in [0.2, 0.25) is 0 Å². The molecule has 3 saturated heterocycles. The number of carbonyl (C=O) groups is 1. The van der Waals surface area contributed by atoms with Crippen molar-refractivity contribution in [3.8, 4) is 5.75 Å². The first-order chi connectivity index (χ1) is 12.6. The highest BCUT2D eigenvalue weighted by molar-refractivity contribution is 6.01. The van der Waals surface area contributed by atoms with Crippen molar-refractivity contribution >= 4 is 11.9 Å². The maximum atomic E-state index is 12.5. The van der Waals surface area contributed by atoms with Crippen molar-refractivity contribution in [1.29, 1.82) is 0 Å². The summed E-state index contributed by atoms with van der Waals surface area (Å²) in [6.07, 6.45) is 9.06. The Morgan fingerprint density at radius 1 is 1.27 bits per heavy atom. The van der Waals surface area contributed by atoms with Gasteiger partial charge in [-0.05, 0) is 61.4 Å². The van der Waals surface area contributed by atoms with Gasteiger partial charge in [-0.2, -0.15) is 0 Å². The van der Waals surface area contributed by atoms with E-state index in [4.69, 9.17) is 4.74 Å². The van der Waals surface area contributed by atoms with Crippen molar-refractivity contribution in [1.82, 2.24) is 4.90 Å². The van der Waals surface area contributed by atoms with Crippen LogP contribution in [0.5, 0.6) is 5.75 Å². The number of hydrogen-bond donors (Lipinski definition) is 0. The number of allylic oxidation sites excluding steroid dienone is 1. The minimum atomic E-state index is 0.254. The van der Waals surface area contributed by atoms with Crippen molar-refractivity contribution in [3.63, 3.8) is 0 Å². The van der Waals surface area contributed by atoms with Crippen LogP contribution in [0.25, 0.3) is 6.08 Å². The molecule has 1 unspecified atom stereocenters. The summed E-state index contributed by atoms with van der Waals surface area (Å²) in [6, 6.07) is 6.29. The molecule has 3 fully saturated rings. The van der Waals surface area contributed by atoms with Crippen LogP contribution in [0.15, 0.2) is 23.9 Å². The molecular formula is C23H33NO2. The average molecular weight is 356 g/mol. The Labute approximate surface area is 158 Å². The molecule has 0 aromatic heterocycles. The van der Waals surface area contributed by atoms with Crippen LogP contribution in [0.3, 0.4) is 0 Å². The fourth-order valence-electron chi connectivity index (χ4n) is 4.10. The van der Waals surface area contributed by atoms with Gasteiger partial charge in [0.05, 0.1) is 12.3 Å². The molecule has 1 aromatic carbocycles. The van der Waals surface area contributed by atoms with Crippen LogP contribution < -0.4 is 4.74 Å². The average Bonchev–Trinajstić information content (AvgIpc) is 2.66. The number of ether oxygens (including phenoxy) is 1. The maximum absolute atomic E-state index is 12.5. The van der Waals surface area contributed by atoms with E-state index in [1.165, 1.54) is 25.7 Å². The lowest BCUT2D eigenvalue weighted by Crippen LogP contribution is -2.45. The predicted octanol–water partition coefficient (Wildman–Crippen LogP) is 5.23. The highest BCUT2D eigenvalue weighted by Gasteiger charge is 2.36. The molecule has 3 aliphatic rings. The fraction of sp³-hybridized carbons (Fsp3) is 0.609. The van der Waals surface area contributed by atoms with Gasteiger partial charge in [0.25, 0.3) is 0 Å². The first kappa shape index (κ1) is 19.0. The first-order valence-corrected chi connectivity index (χ1v) is 10.4. The topological polar surface area (TPSA) is 29.5 Å². The largest absolute Gasteiger partial charge is 0.493 e. The van der Waals surface area contributed by atoms with E-state index in [2.05, 4.69) is 49.9 Å². The van der Waals surface area contributed by atoms with Gasteiger partial charge in [0.1, 0.15) is 5.75 Å². The number of fused-ring (bicyclic) bond motifs is 3. The Hall–Kier alpha value is -1.77. The van der Waals surface area contributed by atoms with Gasteiger partial charge in [-0.3, -0.25) is 4.79 Å². The molecule has 2 bridgehead atoms. The third-order valence-electron chi connectivity index (χ3n) is 5.98. The number of unbranched alkanes of at least 4 members (excludes halogenated alkanes) is 1. The molecule has 3 heterocycles. The zero-order chi connectivity index (χ0) is 18.5. The molecule has 26 heavy (non-hydrogen) atoms. The van der Waals surface area contributed by atoms with Crippen LogP contribution in [0.4, 0.5) is 0 Å². The molecule has 0 N–H and O–H groups in total. The zero-order valence-electron chi connectivity index (χ0n) is 16.6. The molecule has 0 spiro atoms. The van der Waals surface area contributed by atoms with Gasteiger partial charge < -0.3 is 9.64 Å². The Balaban J connectivity index is 1.66. The summed E-state index contributed by atoms with van der Waals surface area (Å²) in [6.45, 7) is 9.43. The van der Waals surface area contributed by atoms with E-state index in [9.17, 15) is 4.79 Å². The van der Waals surface area contributed by atoms with E-state index in [-0.39, 0.29) is 5.92 Å². The maximum Gasteiger partial charge on any atom is 0.182 e. The van der Waals surface area contributed by atoms with Gasteiger partial charge in [0.2, 0.25) is 0 Å². The van der Waals surface area contributed by atoms with Crippen LogP contribution in [-0.2, 0) is 4.79 Å². The van der Waals surface area contributed by atoms with E-state index < -0.39 is 0 Å². The first-order valence-electron chi connectivity index (χ1n) is 10.4. The second-order valence-electron chi connectivity index (χ2n) is 7.91. The van der Waals surface area contributed by atoms with Gasteiger partial charge in [-0.25, -0.2) is 0 Å². The monoisotopic (exact) mass is 355 g/mol. The number of ketones is 1. The van der Waals surface area contributed by atoms with Gasteiger partial charge in [0, 0.05) is 19.0 Å². The summed E-state index contributed by atoms with van der Waals surface area (Å²) < 4.78 is 6.10. The minimum Gasteiger partial charge on any atom is -0.493 e. The third-order valence-corrected chi connectivity index (χ3v) is 5.98. The van der Waals surface area contributed by atoms with E-state index >= 15 is 0 Å². The Bertz CT molecular complexity index is 656. The Morgan fingerprint density at radius 3 is 2.65 bits per heavy atom. The number of benzene rings is 1. The predicted molar refractivity (Wildman–Crippen MR) is 107 cm³/mol. The second-order valence-corrected chi connectivity index (χ2v) is 7.91. The summed E-state index contributed by atoms with van der Waals surface area (Å²) in [5, 5.41) is 0. The van der Waals surface area contributed by atoms with Crippen molar-refractivity contribution in [2.24, 2.45) is 11.8 Å². The van der Waals surface area contributed by atoms with Crippen molar-refractivity contribution in [2.45, 2.75) is 59.3 Å². The molecule has 3 nitrogen and oxygen atoms in total. The molecule has 1 aromatic rings. The Morgan fingerprint density at radius 2 is 2.04 bits per heavy atom. The summed E-state index contributed by atoms with van der Waals surface area (Å²) >= 11 is 0. The second kappa shape index (κ2) is 8.75. The van der Waals surface area contributed by atoms with Gasteiger partial charge in [-0.15, -0.1) is 0 Å². The number of aryl methyl sites for hydroxylation is 1. The van der Waals surface area contributed by atoms with Crippen molar-refractivity contribution in [3.05, 3.63) is 35.0 Å². The quantitative estimate of drug-likeness (QED) is 0.598. The summed E-state index contributed by atoms with van der Waals surface area (Å²) in [5.74, 6) is 2.20. The molecule has 0 amide bonds. The zero-order valence-corrected chi connectivity index (χ0v) is 16.6. The molecule has 0 aliphatic carbocycles. The number of piperidine rings is 3. The molecule has 3 heteroatoms. The smallest absolute Gasteiger partial charge is 0.182 e. The van der Waals surface area contributed by atoms with Gasteiger partial charge in [0.15, 0.2) is 5.78 Å². The van der Waals surface area contributed by atoms with Crippen molar-refractivity contribution < 1.29 is 9.53 Å². The van der Waals surface area contributed by atoms with E-state index in [1.807, 2.05) is 0 Å². The molecule has 142 valence electrons. The van der Waals surface area contributed by atoms with Crippen molar-refractivity contribution in [2.75, 3.05) is 19.7 Å². The SMILES string of the molecule is CCCCC(CC)COc1ccc(C=C2C(=O)C3CCN2CC3)cc1C. The number of rotatable bonds is 8. The summed E-state index contributed by atoms with van der Waals surface area (Å²) in [7, 11) is 0. The highest BCUT2D eigenvalue weighted by atomic mass is 16.5. The van der Waals surface area contributed by atoms with Crippen LogP contribution in [-0.4, -0.2) is 30.4 Å². The van der Waals surface area contributed by atoms with Crippen LogP contribution >= 0.6 is 0 Å². The standard InChI is InChI=1S/C23H33NO2/c1-4-6-7-18(5-2)16-26-22-9-8-19(14-17(22)3)15-21-23(25)20-10-12-24(21)13-11-20/h8-9,14-15,18,20H,4-7,10-13,16H2,1-3H3. The summed E-state index contributed by atoms with van der Waals surface area (Å²) in [5.41, 5.74) is 3.16. The number of Topliss-reactive ketones (excluding diaryl/α,β-unsaturated/α-hetero) is 1. The lowest BCUT2D eigenvalue weighted by molar-refractivity contribution is -0.125. The van der Waals surface area contributed by atoms with Crippen LogP contribution in [0, 0.1) is 18.8 Å². The lowest BCUT2D eigenvalue weighted by Gasteiger charge is -2.41. The summed E-state index contributed by atoms with van der Waals surface area (Å²) in [4.78, 5) is 14.8. The molecule has 3 aliphatic heterocycles. The fourth-order valence-corrected chi connectivity index (χ4v) is 4.10. The highest BCUT2D eigenvalue weighted by Crippen LogP contribution is 2.33. The van der Waals surface area contributed by atoms with E-state index in [0.717, 1.165) is 55.1 Å². The molecule has 1 atom stereocenters. The third kappa shape index (κ3) is 4.31. The molecule has 4 rings (SSSR count).